The number of carbonyl (C=O) groups is 2. The molecule has 7 heteroatoms. The number of nitrogens with one attached hydrogen (secondary N) is 1. The minimum Gasteiger partial charge on any atom is -0.462 e. The molecule has 1 N–H and O–H groups in total. The molecule has 1 amide bonds. The van der Waals surface area contributed by atoms with Crippen molar-refractivity contribution < 1.29 is 22.7 Å². The third-order valence-corrected chi connectivity index (χ3v) is 6.02. The molecule has 0 aliphatic carbocycles. The molecule has 1 heterocycles. The average Bonchev–Trinajstić information content (AvgIpc) is 2.90. The Hall–Kier alpha value is -1.89. The van der Waals surface area contributed by atoms with Gasteiger partial charge in [0, 0.05) is 12.1 Å². The minimum absolute atomic E-state index is 0.0865. The zero-order valence-electron chi connectivity index (χ0n) is 14.5. The van der Waals surface area contributed by atoms with Crippen LogP contribution in [0, 0.1) is 5.92 Å². The first kappa shape index (κ1) is 19.4. The van der Waals surface area contributed by atoms with Gasteiger partial charge in [0.2, 0.25) is 5.91 Å². The predicted molar refractivity (Wildman–Crippen MR) is 96.3 cm³/mol. The molecule has 0 unspecified atom stereocenters. The SMILES string of the molecule is CCCCCOC(=O)c1ccc(NC(=O)C[C@@H]2CCS(=O)(=O)C2)cc1. The minimum atomic E-state index is -2.97. The summed E-state index contributed by atoms with van der Waals surface area (Å²) in [5.74, 6) is -0.437. The van der Waals surface area contributed by atoms with Crippen molar-refractivity contribution in [3.63, 3.8) is 0 Å². The predicted octanol–water partition coefficient (Wildman–Crippen LogP) is 2.80. The van der Waals surface area contributed by atoms with Gasteiger partial charge in [-0.05, 0) is 43.0 Å². The fourth-order valence-electron chi connectivity index (χ4n) is 2.80. The van der Waals surface area contributed by atoms with E-state index in [2.05, 4.69) is 12.2 Å². The molecule has 0 saturated carbocycles. The molecule has 1 aliphatic rings. The highest BCUT2D eigenvalue weighted by Crippen LogP contribution is 2.22. The van der Waals surface area contributed by atoms with Crippen LogP contribution in [0.15, 0.2) is 24.3 Å². The molecule has 0 aromatic heterocycles. The van der Waals surface area contributed by atoms with Crippen molar-refractivity contribution in [1.29, 1.82) is 0 Å². The summed E-state index contributed by atoms with van der Waals surface area (Å²) >= 11 is 0. The van der Waals surface area contributed by atoms with Gasteiger partial charge in [-0.15, -0.1) is 0 Å². The van der Waals surface area contributed by atoms with Crippen LogP contribution in [0.4, 0.5) is 5.69 Å². The van der Waals surface area contributed by atoms with Crippen molar-refractivity contribution in [3.05, 3.63) is 29.8 Å². The molecule has 0 radical (unpaired) electrons. The number of benzene rings is 1. The van der Waals surface area contributed by atoms with E-state index >= 15 is 0 Å². The Morgan fingerprint density at radius 1 is 1.20 bits per heavy atom. The zero-order valence-corrected chi connectivity index (χ0v) is 15.3. The van der Waals surface area contributed by atoms with Gasteiger partial charge in [0.15, 0.2) is 9.84 Å². The van der Waals surface area contributed by atoms with Crippen LogP contribution in [-0.4, -0.2) is 38.4 Å². The summed E-state index contributed by atoms with van der Waals surface area (Å²) < 4.78 is 28.0. The van der Waals surface area contributed by atoms with Gasteiger partial charge in [-0.2, -0.15) is 0 Å². The lowest BCUT2D eigenvalue weighted by Crippen LogP contribution is -2.17. The van der Waals surface area contributed by atoms with Gasteiger partial charge in [0.05, 0.1) is 23.7 Å². The molecule has 2 rings (SSSR count). The lowest BCUT2D eigenvalue weighted by molar-refractivity contribution is -0.116. The monoisotopic (exact) mass is 367 g/mol. The molecule has 1 fully saturated rings. The molecule has 1 atom stereocenters. The Balaban J connectivity index is 1.79. The number of sulfone groups is 1. The number of rotatable bonds is 8. The maximum atomic E-state index is 12.0. The van der Waals surface area contributed by atoms with Crippen molar-refractivity contribution in [2.75, 3.05) is 23.4 Å². The Morgan fingerprint density at radius 2 is 1.92 bits per heavy atom. The molecule has 1 aromatic carbocycles. The number of hydrogen-bond acceptors (Lipinski definition) is 5. The average molecular weight is 367 g/mol. The highest BCUT2D eigenvalue weighted by molar-refractivity contribution is 7.91. The van der Waals surface area contributed by atoms with Crippen LogP contribution in [0.3, 0.4) is 0 Å². The molecular weight excluding hydrogens is 342 g/mol. The summed E-state index contributed by atoms with van der Waals surface area (Å²) in [6.07, 6.45) is 3.69. The van der Waals surface area contributed by atoms with Gasteiger partial charge < -0.3 is 10.1 Å². The zero-order chi connectivity index (χ0) is 18.3. The van der Waals surface area contributed by atoms with Crippen LogP contribution in [0.2, 0.25) is 0 Å². The standard InChI is InChI=1S/C18H25NO5S/c1-2-3-4-10-24-18(21)15-5-7-16(8-6-15)19-17(20)12-14-9-11-25(22,23)13-14/h5-8,14H,2-4,9-13H2,1H3,(H,19,20)/t14-/m0/s1. The lowest BCUT2D eigenvalue weighted by atomic mass is 10.0. The number of anilines is 1. The van der Waals surface area contributed by atoms with E-state index in [1.165, 1.54) is 0 Å². The molecule has 1 aliphatic heterocycles. The number of amides is 1. The third-order valence-electron chi connectivity index (χ3n) is 4.19. The number of unbranched alkanes of at least 4 members (excludes halogenated alkanes) is 2. The molecule has 1 aromatic rings. The highest BCUT2D eigenvalue weighted by Gasteiger charge is 2.29. The number of esters is 1. The first-order valence-electron chi connectivity index (χ1n) is 8.67. The third kappa shape index (κ3) is 6.49. The first-order chi connectivity index (χ1) is 11.9. The van der Waals surface area contributed by atoms with E-state index in [9.17, 15) is 18.0 Å². The maximum Gasteiger partial charge on any atom is 0.338 e. The summed E-state index contributed by atoms with van der Waals surface area (Å²) in [5, 5.41) is 2.74. The van der Waals surface area contributed by atoms with Crippen LogP contribution < -0.4 is 5.32 Å². The molecule has 1 saturated heterocycles. The second-order valence-electron chi connectivity index (χ2n) is 6.44. The van der Waals surface area contributed by atoms with Gasteiger partial charge in [-0.25, -0.2) is 13.2 Å². The van der Waals surface area contributed by atoms with Crippen LogP contribution in [0.1, 0.15) is 49.4 Å². The molecule has 6 nitrogen and oxygen atoms in total. The first-order valence-corrected chi connectivity index (χ1v) is 10.5. The fourth-order valence-corrected chi connectivity index (χ4v) is 4.66. The van der Waals surface area contributed by atoms with Crippen molar-refractivity contribution in [2.45, 2.75) is 39.0 Å². The van der Waals surface area contributed by atoms with Crippen molar-refractivity contribution in [2.24, 2.45) is 5.92 Å². The Bertz CT molecular complexity index is 697. The van der Waals surface area contributed by atoms with Crippen molar-refractivity contribution >= 4 is 27.4 Å². The number of carbonyl (C=O) groups excluding carboxylic acids is 2. The maximum absolute atomic E-state index is 12.0. The van der Waals surface area contributed by atoms with E-state index in [4.69, 9.17) is 4.74 Å². The smallest absolute Gasteiger partial charge is 0.338 e. The second kappa shape index (κ2) is 8.99. The Labute approximate surface area is 148 Å². The summed E-state index contributed by atoms with van der Waals surface area (Å²) in [6, 6.07) is 6.51. The fraction of sp³-hybridized carbons (Fsp3) is 0.556. The van der Waals surface area contributed by atoms with Gasteiger partial charge in [0.1, 0.15) is 0 Å². The van der Waals surface area contributed by atoms with Gasteiger partial charge in [-0.3, -0.25) is 4.79 Å². The van der Waals surface area contributed by atoms with Crippen molar-refractivity contribution in [1.82, 2.24) is 0 Å². The second-order valence-corrected chi connectivity index (χ2v) is 8.67. The Morgan fingerprint density at radius 3 is 2.52 bits per heavy atom. The van der Waals surface area contributed by atoms with Gasteiger partial charge in [-0.1, -0.05) is 19.8 Å². The quantitative estimate of drug-likeness (QED) is 0.564. The van der Waals surface area contributed by atoms with Crippen LogP contribution in [-0.2, 0) is 19.4 Å². The van der Waals surface area contributed by atoms with Gasteiger partial charge >= 0.3 is 5.97 Å². The van der Waals surface area contributed by atoms with Crippen LogP contribution in [0.5, 0.6) is 0 Å². The number of ether oxygens (including phenoxy) is 1. The summed E-state index contributed by atoms with van der Waals surface area (Å²) in [4.78, 5) is 23.9. The molecule has 25 heavy (non-hydrogen) atoms. The van der Waals surface area contributed by atoms with E-state index < -0.39 is 9.84 Å². The summed E-state index contributed by atoms with van der Waals surface area (Å²) in [7, 11) is -2.97. The van der Waals surface area contributed by atoms with Crippen LogP contribution >= 0.6 is 0 Å². The van der Waals surface area contributed by atoms with E-state index in [0.29, 0.717) is 24.3 Å². The summed E-state index contributed by atoms with van der Waals surface area (Å²) in [5.41, 5.74) is 1.02. The van der Waals surface area contributed by atoms with E-state index in [1.807, 2.05) is 0 Å². The van der Waals surface area contributed by atoms with E-state index in [0.717, 1.165) is 19.3 Å². The summed E-state index contributed by atoms with van der Waals surface area (Å²) in [6.45, 7) is 2.50. The number of hydrogen-bond donors (Lipinski definition) is 1. The van der Waals surface area contributed by atoms with E-state index in [1.54, 1.807) is 24.3 Å². The molecule has 138 valence electrons. The normalized spacial score (nSPS) is 18.7. The largest absolute Gasteiger partial charge is 0.462 e. The molecular formula is C18H25NO5S. The van der Waals surface area contributed by atoms with Gasteiger partial charge in [0.25, 0.3) is 0 Å². The lowest BCUT2D eigenvalue weighted by Gasteiger charge is -2.09. The highest BCUT2D eigenvalue weighted by atomic mass is 32.2. The van der Waals surface area contributed by atoms with Crippen molar-refractivity contribution in [3.8, 4) is 0 Å². The Kier molecular flexibility index (Phi) is 6.99. The van der Waals surface area contributed by atoms with Crippen LogP contribution in [0.25, 0.3) is 0 Å². The topological polar surface area (TPSA) is 89.5 Å². The molecule has 0 bridgehead atoms. The van der Waals surface area contributed by atoms with E-state index in [-0.39, 0.29) is 35.7 Å². The molecule has 0 spiro atoms.